The van der Waals surface area contributed by atoms with Crippen molar-refractivity contribution in [1.82, 2.24) is 0 Å². The zero-order valence-electron chi connectivity index (χ0n) is 7.89. The molecule has 0 aromatic carbocycles. The second-order valence-corrected chi connectivity index (χ2v) is 3.35. The van der Waals surface area contributed by atoms with Gasteiger partial charge in [0.05, 0.1) is 26.4 Å². The number of hydrogen-bond acceptors (Lipinski definition) is 2. The van der Waals surface area contributed by atoms with Crippen molar-refractivity contribution in [2.75, 3.05) is 26.4 Å². The van der Waals surface area contributed by atoms with Gasteiger partial charge in [-0.1, -0.05) is 38.5 Å². The Balaban J connectivity index is 0.000000120. The van der Waals surface area contributed by atoms with Crippen LogP contribution in [0.15, 0.2) is 0 Å². The van der Waals surface area contributed by atoms with Crippen LogP contribution in [-0.2, 0) is 9.47 Å². The van der Waals surface area contributed by atoms with Gasteiger partial charge in [-0.15, -0.1) is 0 Å². The molecule has 0 N–H and O–H groups in total. The Labute approximate surface area is 75.2 Å². The lowest BCUT2D eigenvalue weighted by atomic mass is 10.0. The third-order valence-electron chi connectivity index (χ3n) is 2.24. The van der Waals surface area contributed by atoms with Gasteiger partial charge in [-0.2, -0.15) is 0 Å². The predicted molar refractivity (Wildman–Crippen MR) is 49.3 cm³/mol. The highest BCUT2D eigenvalue weighted by molar-refractivity contribution is 4.51. The zero-order chi connectivity index (χ0) is 8.49. The van der Waals surface area contributed by atoms with E-state index in [9.17, 15) is 0 Å². The van der Waals surface area contributed by atoms with E-state index in [2.05, 4.69) is 0 Å². The van der Waals surface area contributed by atoms with Crippen molar-refractivity contribution in [3.8, 4) is 0 Å². The third-order valence-corrected chi connectivity index (χ3v) is 2.24. The fourth-order valence-corrected chi connectivity index (χ4v) is 1.50. The van der Waals surface area contributed by atoms with E-state index < -0.39 is 0 Å². The molecule has 1 heterocycles. The maximum absolute atomic E-state index is 4.94. The van der Waals surface area contributed by atoms with Gasteiger partial charge < -0.3 is 9.47 Å². The van der Waals surface area contributed by atoms with Crippen molar-refractivity contribution >= 4 is 0 Å². The lowest BCUT2D eigenvalue weighted by Gasteiger charge is -2.09. The molecule has 0 unspecified atom stereocenters. The smallest absolute Gasteiger partial charge is 0.0701 e. The fourth-order valence-electron chi connectivity index (χ4n) is 1.50. The first-order valence-electron chi connectivity index (χ1n) is 5.15. The molecule has 2 rings (SSSR count). The van der Waals surface area contributed by atoms with Crippen molar-refractivity contribution in [2.24, 2.45) is 0 Å². The minimum atomic E-state index is 0.778. The maximum Gasteiger partial charge on any atom is 0.0701 e. The van der Waals surface area contributed by atoms with Crippen LogP contribution >= 0.6 is 0 Å². The van der Waals surface area contributed by atoms with Crippen LogP contribution in [0.5, 0.6) is 0 Å². The lowest BCUT2D eigenvalue weighted by Crippen LogP contribution is -2.16. The first-order valence-corrected chi connectivity index (χ1v) is 5.15. The summed E-state index contributed by atoms with van der Waals surface area (Å²) in [5.74, 6) is 0. The van der Waals surface area contributed by atoms with E-state index in [1.54, 1.807) is 0 Å². The molecule has 0 amide bonds. The van der Waals surface area contributed by atoms with Crippen LogP contribution in [0.1, 0.15) is 38.5 Å². The minimum absolute atomic E-state index is 0.778. The standard InChI is InChI=1S/C6H12.C4H8O2/c1-2-4-6-5-3-1;1-2-6-4-3-5-1/h1-6H2;1-4H2. The van der Waals surface area contributed by atoms with Gasteiger partial charge in [0.1, 0.15) is 0 Å². The predicted octanol–water partition coefficient (Wildman–Crippen LogP) is 2.37. The third kappa shape index (κ3) is 5.56. The number of rotatable bonds is 0. The Morgan fingerprint density at radius 1 is 0.417 bits per heavy atom. The van der Waals surface area contributed by atoms with Crippen LogP contribution in [-0.4, -0.2) is 26.4 Å². The lowest BCUT2D eigenvalue weighted by molar-refractivity contribution is -0.0334. The molecule has 0 bridgehead atoms. The van der Waals surface area contributed by atoms with E-state index in [4.69, 9.17) is 9.47 Å². The highest BCUT2D eigenvalue weighted by atomic mass is 16.6. The van der Waals surface area contributed by atoms with E-state index in [1.807, 2.05) is 0 Å². The highest BCUT2D eigenvalue weighted by Crippen LogP contribution is 2.15. The molecule has 2 heteroatoms. The summed E-state index contributed by atoms with van der Waals surface area (Å²) in [6.07, 6.45) is 9.00. The summed E-state index contributed by atoms with van der Waals surface area (Å²) in [5, 5.41) is 0. The summed E-state index contributed by atoms with van der Waals surface area (Å²) in [6.45, 7) is 3.11. The Hall–Kier alpha value is -0.0800. The Morgan fingerprint density at radius 2 is 0.667 bits per heavy atom. The Morgan fingerprint density at radius 3 is 0.833 bits per heavy atom. The van der Waals surface area contributed by atoms with Gasteiger partial charge in [-0.25, -0.2) is 0 Å². The monoisotopic (exact) mass is 172 g/mol. The zero-order valence-corrected chi connectivity index (χ0v) is 7.89. The van der Waals surface area contributed by atoms with E-state index in [0.29, 0.717) is 0 Å². The SMILES string of the molecule is C1CCCCC1.C1COCCO1. The normalized spacial score (nSPS) is 24.0. The molecule has 1 saturated heterocycles. The van der Waals surface area contributed by atoms with E-state index >= 15 is 0 Å². The molecule has 12 heavy (non-hydrogen) atoms. The van der Waals surface area contributed by atoms with Crippen molar-refractivity contribution in [1.29, 1.82) is 0 Å². The molecule has 2 nitrogen and oxygen atoms in total. The fraction of sp³-hybridized carbons (Fsp3) is 1.00. The highest BCUT2D eigenvalue weighted by Gasteiger charge is 1.95. The van der Waals surface area contributed by atoms with Gasteiger partial charge in [0.25, 0.3) is 0 Å². The molecule has 0 spiro atoms. The second kappa shape index (κ2) is 7.56. The van der Waals surface area contributed by atoms with E-state index in [-0.39, 0.29) is 0 Å². The topological polar surface area (TPSA) is 18.5 Å². The first kappa shape index (κ1) is 10.0. The molecule has 2 aliphatic rings. The summed E-state index contributed by atoms with van der Waals surface area (Å²) in [4.78, 5) is 0. The molecule has 72 valence electrons. The Kier molecular flexibility index (Phi) is 6.30. The van der Waals surface area contributed by atoms with Gasteiger partial charge in [-0.3, -0.25) is 0 Å². The summed E-state index contributed by atoms with van der Waals surface area (Å²) < 4.78 is 9.89. The molecule has 1 saturated carbocycles. The quantitative estimate of drug-likeness (QED) is 0.558. The molecule has 0 aromatic rings. The van der Waals surface area contributed by atoms with Gasteiger partial charge in [-0.05, 0) is 0 Å². The van der Waals surface area contributed by atoms with E-state index in [1.165, 1.54) is 38.5 Å². The molecular weight excluding hydrogens is 152 g/mol. The molecule has 1 aliphatic carbocycles. The number of hydrogen-bond donors (Lipinski definition) is 0. The molecule has 1 aliphatic heterocycles. The Bertz CT molecular complexity index is 50.8. The second-order valence-electron chi connectivity index (χ2n) is 3.35. The molecular formula is C10H20O2. The first-order chi connectivity index (χ1) is 6.00. The van der Waals surface area contributed by atoms with Gasteiger partial charge >= 0.3 is 0 Å². The van der Waals surface area contributed by atoms with Gasteiger partial charge in [0.15, 0.2) is 0 Å². The minimum Gasteiger partial charge on any atom is -0.377 e. The van der Waals surface area contributed by atoms with Crippen molar-refractivity contribution in [3.05, 3.63) is 0 Å². The van der Waals surface area contributed by atoms with Crippen LogP contribution in [0.3, 0.4) is 0 Å². The van der Waals surface area contributed by atoms with Crippen LogP contribution in [0, 0.1) is 0 Å². The van der Waals surface area contributed by atoms with Crippen LogP contribution in [0.4, 0.5) is 0 Å². The van der Waals surface area contributed by atoms with Crippen molar-refractivity contribution in [3.63, 3.8) is 0 Å². The van der Waals surface area contributed by atoms with Gasteiger partial charge in [0, 0.05) is 0 Å². The average Bonchev–Trinajstić information content (AvgIpc) is 2.24. The van der Waals surface area contributed by atoms with Crippen LogP contribution in [0.25, 0.3) is 0 Å². The summed E-state index contributed by atoms with van der Waals surface area (Å²) in [7, 11) is 0. The summed E-state index contributed by atoms with van der Waals surface area (Å²) in [5.41, 5.74) is 0. The average molecular weight is 172 g/mol. The largest absolute Gasteiger partial charge is 0.377 e. The van der Waals surface area contributed by atoms with Crippen LogP contribution < -0.4 is 0 Å². The molecule has 2 fully saturated rings. The van der Waals surface area contributed by atoms with E-state index in [0.717, 1.165) is 26.4 Å². The van der Waals surface area contributed by atoms with Gasteiger partial charge in [0.2, 0.25) is 0 Å². The van der Waals surface area contributed by atoms with Crippen molar-refractivity contribution in [2.45, 2.75) is 38.5 Å². The van der Waals surface area contributed by atoms with Crippen molar-refractivity contribution < 1.29 is 9.47 Å². The molecule has 0 atom stereocenters. The maximum atomic E-state index is 4.94. The summed E-state index contributed by atoms with van der Waals surface area (Å²) >= 11 is 0. The number of ether oxygens (including phenoxy) is 2. The van der Waals surface area contributed by atoms with Crippen LogP contribution in [0.2, 0.25) is 0 Å². The molecule has 0 aromatic heterocycles. The molecule has 0 radical (unpaired) electrons. The summed E-state index contributed by atoms with van der Waals surface area (Å²) in [6, 6.07) is 0.